The molecule has 0 aliphatic heterocycles. The van der Waals surface area contributed by atoms with Gasteiger partial charge in [0.25, 0.3) is 5.91 Å². The van der Waals surface area contributed by atoms with E-state index in [1.807, 2.05) is 0 Å². The molecule has 2 rings (SSSR count). The minimum absolute atomic E-state index is 0.187. The van der Waals surface area contributed by atoms with Crippen molar-refractivity contribution in [3.8, 4) is 0 Å². The number of thiazole rings is 1. The highest BCUT2D eigenvalue weighted by Crippen LogP contribution is 2.29. The number of furan rings is 1. The van der Waals surface area contributed by atoms with E-state index in [4.69, 9.17) is 10.2 Å². The van der Waals surface area contributed by atoms with Gasteiger partial charge in [-0.05, 0) is 6.07 Å². The van der Waals surface area contributed by atoms with E-state index in [1.165, 1.54) is 12.3 Å². The maximum absolute atomic E-state index is 12.4. The lowest BCUT2D eigenvalue weighted by atomic mass is 10.3. The highest BCUT2D eigenvalue weighted by Gasteiger charge is 2.33. The summed E-state index contributed by atoms with van der Waals surface area (Å²) in [4.78, 5) is 15.2. The topological polar surface area (TPSA) is 81.2 Å². The Morgan fingerprint density at radius 1 is 1.48 bits per heavy atom. The SMILES string of the molecule is NCc1cc(C(=O)NCCc2nc(C(F)(F)F)cs2)co1. The van der Waals surface area contributed by atoms with Gasteiger partial charge in [0, 0.05) is 18.3 Å². The molecular weight excluding hydrogens is 307 g/mol. The molecule has 21 heavy (non-hydrogen) atoms. The summed E-state index contributed by atoms with van der Waals surface area (Å²) in [6, 6.07) is 1.51. The maximum Gasteiger partial charge on any atom is 0.434 e. The number of hydrogen-bond acceptors (Lipinski definition) is 5. The number of hydrogen-bond donors (Lipinski definition) is 2. The monoisotopic (exact) mass is 319 g/mol. The molecule has 2 heterocycles. The van der Waals surface area contributed by atoms with Crippen LogP contribution < -0.4 is 11.1 Å². The van der Waals surface area contributed by atoms with E-state index in [0.717, 1.165) is 16.7 Å². The van der Waals surface area contributed by atoms with Crippen LogP contribution in [0.2, 0.25) is 0 Å². The maximum atomic E-state index is 12.4. The molecule has 2 aromatic heterocycles. The average molecular weight is 319 g/mol. The van der Waals surface area contributed by atoms with E-state index in [2.05, 4.69) is 10.3 Å². The summed E-state index contributed by atoms with van der Waals surface area (Å²) in [6.07, 6.45) is -2.93. The minimum atomic E-state index is -4.44. The quantitative estimate of drug-likeness (QED) is 0.885. The van der Waals surface area contributed by atoms with E-state index in [9.17, 15) is 18.0 Å². The first-order chi connectivity index (χ1) is 9.90. The van der Waals surface area contributed by atoms with Gasteiger partial charge in [0.2, 0.25) is 0 Å². The van der Waals surface area contributed by atoms with Crippen molar-refractivity contribution in [3.63, 3.8) is 0 Å². The predicted molar refractivity (Wildman–Crippen MR) is 69.8 cm³/mol. The Kier molecular flexibility index (Phi) is 4.63. The molecule has 114 valence electrons. The Labute approximate surface area is 122 Å². The first-order valence-electron chi connectivity index (χ1n) is 5.97. The summed E-state index contributed by atoms with van der Waals surface area (Å²) in [5.41, 5.74) is 4.77. The van der Waals surface area contributed by atoms with Crippen LogP contribution in [0.4, 0.5) is 13.2 Å². The fourth-order valence-electron chi connectivity index (χ4n) is 1.55. The Bertz CT molecular complexity index is 621. The standard InChI is InChI=1S/C12H12F3N3O2S/c13-12(14,15)9-6-21-10(18-9)1-2-17-11(19)7-3-8(4-16)20-5-7/h3,5-6H,1-2,4,16H2,(H,17,19). The lowest BCUT2D eigenvalue weighted by Crippen LogP contribution is -2.25. The first kappa shape index (κ1) is 15.5. The summed E-state index contributed by atoms with van der Waals surface area (Å²) in [6.45, 7) is 0.374. The van der Waals surface area contributed by atoms with Gasteiger partial charge in [-0.1, -0.05) is 0 Å². The lowest BCUT2D eigenvalue weighted by molar-refractivity contribution is -0.140. The number of amides is 1. The third-order valence-electron chi connectivity index (χ3n) is 2.58. The second-order valence-electron chi connectivity index (χ2n) is 4.14. The third kappa shape index (κ3) is 4.05. The number of nitrogens with two attached hydrogens (primary N) is 1. The Balaban J connectivity index is 1.84. The van der Waals surface area contributed by atoms with Gasteiger partial charge in [0.15, 0.2) is 5.69 Å². The largest absolute Gasteiger partial charge is 0.467 e. The van der Waals surface area contributed by atoms with Gasteiger partial charge in [0.1, 0.15) is 12.0 Å². The molecule has 3 N–H and O–H groups in total. The van der Waals surface area contributed by atoms with Crippen molar-refractivity contribution in [1.82, 2.24) is 10.3 Å². The fourth-order valence-corrected chi connectivity index (χ4v) is 2.35. The summed E-state index contributed by atoms with van der Waals surface area (Å²) in [5.74, 6) is 0.112. The summed E-state index contributed by atoms with van der Waals surface area (Å²) in [5, 5.41) is 3.85. The van der Waals surface area contributed by atoms with Crippen molar-refractivity contribution in [3.05, 3.63) is 39.7 Å². The first-order valence-corrected chi connectivity index (χ1v) is 6.85. The van der Waals surface area contributed by atoms with Gasteiger partial charge in [-0.15, -0.1) is 11.3 Å². The molecule has 0 atom stereocenters. The summed E-state index contributed by atoms with van der Waals surface area (Å²) < 4.78 is 42.1. The number of aromatic nitrogens is 1. The number of nitrogens with one attached hydrogen (secondary N) is 1. The van der Waals surface area contributed by atoms with E-state index in [-0.39, 0.29) is 25.4 Å². The Morgan fingerprint density at radius 2 is 2.24 bits per heavy atom. The van der Waals surface area contributed by atoms with Gasteiger partial charge in [-0.25, -0.2) is 4.98 Å². The molecule has 0 bridgehead atoms. The van der Waals surface area contributed by atoms with Gasteiger partial charge < -0.3 is 15.5 Å². The van der Waals surface area contributed by atoms with Crippen LogP contribution in [0.15, 0.2) is 22.1 Å². The molecule has 0 aliphatic carbocycles. The molecular formula is C12H12F3N3O2S. The van der Waals surface area contributed by atoms with Gasteiger partial charge in [-0.3, -0.25) is 4.79 Å². The molecule has 2 aromatic rings. The Hall–Kier alpha value is -1.87. The molecule has 0 saturated heterocycles. The molecule has 0 aromatic carbocycles. The molecule has 0 aliphatic rings. The lowest BCUT2D eigenvalue weighted by Gasteiger charge is -2.02. The van der Waals surface area contributed by atoms with Crippen LogP contribution in [0.5, 0.6) is 0 Å². The van der Waals surface area contributed by atoms with Gasteiger partial charge in [0.05, 0.1) is 17.1 Å². The normalized spacial score (nSPS) is 11.6. The smallest absolute Gasteiger partial charge is 0.434 e. The second-order valence-corrected chi connectivity index (χ2v) is 5.08. The highest BCUT2D eigenvalue weighted by molar-refractivity contribution is 7.09. The van der Waals surface area contributed by atoms with Gasteiger partial charge in [-0.2, -0.15) is 13.2 Å². The van der Waals surface area contributed by atoms with Crippen LogP contribution in [0.25, 0.3) is 0 Å². The molecule has 0 fully saturated rings. The molecule has 0 unspecified atom stereocenters. The number of carbonyl (C=O) groups is 1. The van der Waals surface area contributed by atoms with Crippen molar-refractivity contribution in [1.29, 1.82) is 0 Å². The molecule has 1 amide bonds. The van der Waals surface area contributed by atoms with Crippen molar-refractivity contribution < 1.29 is 22.4 Å². The van der Waals surface area contributed by atoms with Crippen LogP contribution in [-0.2, 0) is 19.1 Å². The zero-order valence-electron chi connectivity index (χ0n) is 10.7. The number of alkyl halides is 3. The number of rotatable bonds is 5. The zero-order chi connectivity index (χ0) is 15.5. The van der Waals surface area contributed by atoms with E-state index in [0.29, 0.717) is 16.3 Å². The van der Waals surface area contributed by atoms with Crippen LogP contribution in [0.3, 0.4) is 0 Å². The highest BCUT2D eigenvalue weighted by atomic mass is 32.1. The number of carbonyl (C=O) groups excluding carboxylic acids is 1. The molecule has 5 nitrogen and oxygen atoms in total. The van der Waals surface area contributed by atoms with Crippen molar-refractivity contribution >= 4 is 17.2 Å². The summed E-state index contributed by atoms with van der Waals surface area (Å²) >= 11 is 0.914. The average Bonchev–Trinajstić information content (AvgIpc) is 3.06. The van der Waals surface area contributed by atoms with Gasteiger partial charge >= 0.3 is 6.18 Å². The third-order valence-corrected chi connectivity index (χ3v) is 3.49. The molecule has 0 radical (unpaired) electrons. The molecule has 0 spiro atoms. The fraction of sp³-hybridized carbons (Fsp3) is 0.333. The van der Waals surface area contributed by atoms with Crippen molar-refractivity contribution in [2.75, 3.05) is 6.54 Å². The minimum Gasteiger partial charge on any atom is -0.467 e. The second kappa shape index (κ2) is 6.27. The van der Waals surface area contributed by atoms with Crippen LogP contribution in [0, 0.1) is 0 Å². The van der Waals surface area contributed by atoms with Crippen LogP contribution in [0.1, 0.15) is 26.8 Å². The zero-order valence-corrected chi connectivity index (χ0v) is 11.6. The summed E-state index contributed by atoms with van der Waals surface area (Å²) in [7, 11) is 0. The predicted octanol–water partition coefficient (Wildman–Crippen LogP) is 2.19. The number of nitrogens with zero attached hydrogens (tertiary/aromatic N) is 1. The van der Waals surface area contributed by atoms with Crippen LogP contribution in [-0.4, -0.2) is 17.4 Å². The van der Waals surface area contributed by atoms with E-state index in [1.54, 1.807) is 0 Å². The number of halogens is 3. The van der Waals surface area contributed by atoms with Crippen molar-refractivity contribution in [2.24, 2.45) is 5.73 Å². The van der Waals surface area contributed by atoms with E-state index < -0.39 is 11.9 Å². The van der Waals surface area contributed by atoms with E-state index >= 15 is 0 Å². The van der Waals surface area contributed by atoms with Crippen LogP contribution >= 0.6 is 11.3 Å². The Morgan fingerprint density at radius 3 is 2.81 bits per heavy atom. The molecule has 0 saturated carbocycles. The molecule has 9 heteroatoms. The van der Waals surface area contributed by atoms with Crippen molar-refractivity contribution in [2.45, 2.75) is 19.1 Å².